The predicted octanol–water partition coefficient (Wildman–Crippen LogP) is 5.32. The Kier molecular flexibility index (Phi) is 4.11. The van der Waals surface area contributed by atoms with Gasteiger partial charge >= 0.3 is 5.97 Å². The minimum absolute atomic E-state index is 0.241. The first-order chi connectivity index (χ1) is 12.6. The van der Waals surface area contributed by atoms with Gasteiger partial charge in [-0.05, 0) is 29.8 Å². The van der Waals surface area contributed by atoms with Crippen LogP contribution in [0.1, 0.15) is 10.4 Å². The Morgan fingerprint density at radius 1 is 0.923 bits per heavy atom. The minimum Gasteiger partial charge on any atom is -0.478 e. The van der Waals surface area contributed by atoms with E-state index in [2.05, 4.69) is 9.97 Å². The Hall–Kier alpha value is -3.24. The van der Waals surface area contributed by atoms with Crippen molar-refractivity contribution in [1.82, 2.24) is 9.97 Å². The number of carboxylic acids is 1. The summed E-state index contributed by atoms with van der Waals surface area (Å²) in [6, 6.07) is 20.2. The van der Waals surface area contributed by atoms with E-state index in [0.717, 1.165) is 16.7 Å². The monoisotopic (exact) mass is 360 g/mol. The van der Waals surface area contributed by atoms with E-state index in [9.17, 15) is 9.90 Å². The average molecular weight is 361 g/mol. The van der Waals surface area contributed by atoms with Gasteiger partial charge in [0.05, 0.1) is 16.8 Å². The fraction of sp³-hybridized carbons (Fsp3) is 0. The normalized spacial score (nSPS) is 10.8. The van der Waals surface area contributed by atoms with E-state index >= 15 is 0 Å². The fourth-order valence-corrected chi connectivity index (χ4v) is 3.15. The van der Waals surface area contributed by atoms with Crippen LogP contribution in [-0.2, 0) is 0 Å². The van der Waals surface area contributed by atoms with Gasteiger partial charge in [0.15, 0.2) is 0 Å². The van der Waals surface area contributed by atoms with E-state index < -0.39 is 5.97 Å². The molecule has 4 nitrogen and oxygen atoms in total. The molecule has 0 radical (unpaired) electrons. The SMILES string of the molecule is O=C(O)c1cc(-c2ccc(-c3cccnc3Cl)cc2)nc2ccccc12. The number of hydrogen-bond donors (Lipinski definition) is 1. The van der Waals surface area contributed by atoms with Crippen molar-refractivity contribution in [2.24, 2.45) is 0 Å². The maximum absolute atomic E-state index is 11.6. The zero-order valence-electron chi connectivity index (χ0n) is 13.6. The molecule has 4 rings (SSSR count). The van der Waals surface area contributed by atoms with Gasteiger partial charge in [0.2, 0.25) is 0 Å². The summed E-state index contributed by atoms with van der Waals surface area (Å²) in [7, 11) is 0. The van der Waals surface area contributed by atoms with E-state index in [1.54, 1.807) is 18.3 Å². The van der Waals surface area contributed by atoms with E-state index in [0.29, 0.717) is 21.7 Å². The van der Waals surface area contributed by atoms with Crippen LogP contribution in [0.3, 0.4) is 0 Å². The summed E-state index contributed by atoms with van der Waals surface area (Å²) in [6.07, 6.45) is 1.65. The van der Waals surface area contributed by atoms with E-state index in [4.69, 9.17) is 11.6 Å². The van der Waals surface area contributed by atoms with Gasteiger partial charge in [-0.2, -0.15) is 0 Å². The van der Waals surface area contributed by atoms with Crippen LogP contribution in [0.15, 0.2) is 72.9 Å². The van der Waals surface area contributed by atoms with Crippen LogP contribution in [0.2, 0.25) is 5.15 Å². The van der Waals surface area contributed by atoms with Gasteiger partial charge in [-0.15, -0.1) is 0 Å². The van der Waals surface area contributed by atoms with Crippen molar-refractivity contribution in [2.75, 3.05) is 0 Å². The maximum Gasteiger partial charge on any atom is 0.336 e. The van der Waals surface area contributed by atoms with Crippen LogP contribution in [0.4, 0.5) is 0 Å². The van der Waals surface area contributed by atoms with Crippen molar-refractivity contribution >= 4 is 28.5 Å². The number of fused-ring (bicyclic) bond motifs is 1. The highest BCUT2D eigenvalue weighted by Gasteiger charge is 2.13. The zero-order valence-corrected chi connectivity index (χ0v) is 14.3. The summed E-state index contributed by atoms with van der Waals surface area (Å²) in [6.45, 7) is 0. The molecule has 0 spiro atoms. The lowest BCUT2D eigenvalue weighted by Crippen LogP contribution is -2.00. The highest BCUT2D eigenvalue weighted by molar-refractivity contribution is 6.32. The number of para-hydroxylation sites is 1. The number of carboxylic acid groups (broad SMARTS) is 1. The molecule has 4 aromatic rings. The van der Waals surface area contributed by atoms with Gasteiger partial charge in [-0.25, -0.2) is 14.8 Å². The van der Waals surface area contributed by atoms with Crippen molar-refractivity contribution < 1.29 is 9.90 Å². The van der Waals surface area contributed by atoms with E-state index in [1.807, 2.05) is 54.6 Å². The van der Waals surface area contributed by atoms with Crippen molar-refractivity contribution in [3.63, 3.8) is 0 Å². The number of aromatic nitrogens is 2. The first-order valence-electron chi connectivity index (χ1n) is 7.98. The first-order valence-corrected chi connectivity index (χ1v) is 8.36. The number of carbonyl (C=O) groups is 1. The quantitative estimate of drug-likeness (QED) is 0.502. The standard InChI is InChI=1S/C21H13ClN2O2/c22-20-15(5-3-11-23-20)13-7-9-14(10-8-13)19-12-17(21(25)26)16-4-1-2-6-18(16)24-19/h1-12H,(H,25,26). The Bertz CT molecular complexity index is 1120. The van der Waals surface area contributed by atoms with Crippen LogP contribution < -0.4 is 0 Å². The molecule has 0 saturated heterocycles. The Morgan fingerprint density at radius 2 is 1.65 bits per heavy atom. The molecule has 0 saturated carbocycles. The number of nitrogens with zero attached hydrogens (tertiary/aromatic N) is 2. The third-order valence-corrected chi connectivity index (χ3v) is 4.50. The topological polar surface area (TPSA) is 63.1 Å². The Balaban J connectivity index is 1.81. The molecule has 2 heterocycles. The molecule has 0 bridgehead atoms. The summed E-state index contributed by atoms with van der Waals surface area (Å²) in [4.78, 5) is 20.3. The van der Waals surface area contributed by atoms with Crippen LogP contribution >= 0.6 is 11.6 Å². The molecule has 0 unspecified atom stereocenters. The number of rotatable bonds is 3. The van der Waals surface area contributed by atoms with Gasteiger partial charge in [0.25, 0.3) is 0 Å². The molecule has 1 N–H and O–H groups in total. The van der Waals surface area contributed by atoms with Gasteiger partial charge in [-0.3, -0.25) is 0 Å². The summed E-state index contributed by atoms with van der Waals surface area (Å²) in [5.74, 6) is -0.969. The molecule has 0 amide bonds. The number of benzene rings is 2. The second kappa shape index (κ2) is 6.58. The lowest BCUT2D eigenvalue weighted by molar-refractivity contribution is 0.0699. The lowest BCUT2D eigenvalue weighted by atomic mass is 10.0. The number of pyridine rings is 2. The second-order valence-corrected chi connectivity index (χ2v) is 6.15. The molecule has 0 aliphatic rings. The van der Waals surface area contributed by atoms with Crippen LogP contribution in [0.25, 0.3) is 33.3 Å². The van der Waals surface area contributed by atoms with Crippen LogP contribution in [0.5, 0.6) is 0 Å². The Morgan fingerprint density at radius 3 is 2.38 bits per heavy atom. The summed E-state index contributed by atoms with van der Waals surface area (Å²) in [5.41, 5.74) is 4.13. The molecule has 0 aliphatic heterocycles. The summed E-state index contributed by atoms with van der Waals surface area (Å²) >= 11 is 6.15. The molecular formula is C21H13ClN2O2. The van der Waals surface area contributed by atoms with Crippen molar-refractivity contribution in [1.29, 1.82) is 0 Å². The van der Waals surface area contributed by atoms with Gasteiger partial charge in [0, 0.05) is 22.7 Å². The molecule has 0 fully saturated rings. The first kappa shape index (κ1) is 16.2. The minimum atomic E-state index is -0.969. The molecule has 2 aromatic heterocycles. The third kappa shape index (κ3) is 2.91. The van der Waals surface area contributed by atoms with Gasteiger partial charge in [-0.1, -0.05) is 54.1 Å². The third-order valence-electron chi connectivity index (χ3n) is 4.20. The molecule has 0 atom stereocenters. The summed E-state index contributed by atoms with van der Waals surface area (Å²) in [5, 5.41) is 10.6. The van der Waals surface area contributed by atoms with Crippen molar-refractivity contribution in [3.05, 3.63) is 83.6 Å². The fourth-order valence-electron chi connectivity index (χ4n) is 2.92. The van der Waals surface area contributed by atoms with Gasteiger partial charge in [0.1, 0.15) is 5.15 Å². The highest BCUT2D eigenvalue weighted by Crippen LogP contribution is 2.29. The zero-order chi connectivity index (χ0) is 18.1. The Labute approximate surface area is 154 Å². The van der Waals surface area contributed by atoms with Crippen LogP contribution in [-0.4, -0.2) is 21.0 Å². The number of hydrogen-bond acceptors (Lipinski definition) is 3. The maximum atomic E-state index is 11.6. The highest BCUT2D eigenvalue weighted by atomic mass is 35.5. The summed E-state index contributed by atoms with van der Waals surface area (Å²) < 4.78 is 0. The van der Waals surface area contributed by atoms with E-state index in [-0.39, 0.29) is 5.56 Å². The lowest BCUT2D eigenvalue weighted by Gasteiger charge is -2.08. The smallest absolute Gasteiger partial charge is 0.336 e. The molecule has 126 valence electrons. The second-order valence-electron chi connectivity index (χ2n) is 5.80. The molecule has 5 heteroatoms. The number of halogens is 1. The van der Waals surface area contributed by atoms with Crippen molar-refractivity contribution in [2.45, 2.75) is 0 Å². The molecule has 0 aliphatic carbocycles. The predicted molar refractivity (Wildman–Crippen MR) is 102 cm³/mol. The number of aromatic carboxylic acids is 1. The van der Waals surface area contributed by atoms with E-state index in [1.165, 1.54) is 0 Å². The largest absolute Gasteiger partial charge is 0.478 e. The van der Waals surface area contributed by atoms with Crippen LogP contribution in [0, 0.1) is 0 Å². The molecule has 2 aromatic carbocycles. The van der Waals surface area contributed by atoms with Gasteiger partial charge < -0.3 is 5.11 Å². The average Bonchev–Trinajstić information content (AvgIpc) is 2.67. The molecule has 26 heavy (non-hydrogen) atoms. The van der Waals surface area contributed by atoms with Crippen molar-refractivity contribution in [3.8, 4) is 22.4 Å². The molecular weight excluding hydrogens is 348 g/mol.